The molecule has 0 atom stereocenters. The fourth-order valence-electron chi connectivity index (χ4n) is 2.83. The number of halogens is 1. The molecule has 0 aliphatic rings. The van der Waals surface area contributed by atoms with Crippen molar-refractivity contribution in [2.45, 2.75) is 30.6 Å². The van der Waals surface area contributed by atoms with Crippen molar-refractivity contribution in [3.8, 4) is 0 Å². The molecule has 3 N–H and O–H groups in total. The van der Waals surface area contributed by atoms with E-state index < -0.39 is 21.6 Å². The van der Waals surface area contributed by atoms with Crippen LogP contribution in [0.2, 0.25) is 0 Å². The van der Waals surface area contributed by atoms with Gasteiger partial charge in [0.2, 0.25) is 5.91 Å². The summed E-state index contributed by atoms with van der Waals surface area (Å²) in [5.74, 6) is -1.23. The van der Waals surface area contributed by atoms with Crippen LogP contribution in [0.5, 0.6) is 0 Å². The third-order valence-electron chi connectivity index (χ3n) is 4.51. The van der Waals surface area contributed by atoms with Crippen molar-refractivity contribution in [3.63, 3.8) is 0 Å². The van der Waals surface area contributed by atoms with Crippen molar-refractivity contribution >= 4 is 33.3 Å². The highest BCUT2D eigenvalue weighted by molar-refractivity contribution is 7.90. The minimum atomic E-state index is -3.33. The SMILES string of the molecule is CS(=O)(=O)c1ccc(C=C(C(=O)NCCCCCC(=O)NO)c2ccc(F)cc2)cc1. The van der Waals surface area contributed by atoms with Crippen molar-refractivity contribution in [2.24, 2.45) is 0 Å². The molecule has 2 aromatic carbocycles. The molecule has 2 amide bonds. The van der Waals surface area contributed by atoms with Gasteiger partial charge in [0.15, 0.2) is 9.84 Å². The van der Waals surface area contributed by atoms with Crippen LogP contribution in [0.3, 0.4) is 0 Å². The van der Waals surface area contributed by atoms with E-state index in [9.17, 15) is 22.4 Å². The van der Waals surface area contributed by atoms with Gasteiger partial charge >= 0.3 is 0 Å². The second kappa shape index (κ2) is 11.4. The van der Waals surface area contributed by atoms with E-state index in [4.69, 9.17) is 5.21 Å². The Balaban J connectivity index is 2.12. The molecule has 0 spiro atoms. The fraction of sp³-hybridized carbons (Fsp3) is 0.273. The summed E-state index contributed by atoms with van der Waals surface area (Å²) in [6.45, 7) is 0.380. The molecule has 2 aromatic rings. The van der Waals surface area contributed by atoms with Gasteiger partial charge in [0.25, 0.3) is 5.91 Å². The van der Waals surface area contributed by atoms with Crippen LogP contribution in [0.1, 0.15) is 36.8 Å². The molecule has 0 heterocycles. The van der Waals surface area contributed by atoms with E-state index in [0.717, 1.165) is 6.26 Å². The van der Waals surface area contributed by atoms with Crippen LogP contribution < -0.4 is 10.8 Å². The highest BCUT2D eigenvalue weighted by Crippen LogP contribution is 2.20. The summed E-state index contributed by atoms with van der Waals surface area (Å²) >= 11 is 0. The minimum absolute atomic E-state index is 0.173. The summed E-state index contributed by atoms with van der Waals surface area (Å²) in [6.07, 6.45) is 4.84. The molecule has 166 valence electrons. The summed E-state index contributed by atoms with van der Waals surface area (Å²) in [7, 11) is -3.33. The maximum atomic E-state index is 13.3. The molecule has 0 saturated heterocycles. The van der Waals surface area contributed by atoms with Crippen LogP contribution in [0.15, 0.2) is 53.4 Å². The zero-order valence-electron chi connectivity index (χ0n) is 17.1. The maximum Gasteiger partial charge on any atom is 0.251 e. The smallest absolute Gasteiger partial charge is 0.251 e. The number of nitrogens with one attached hydrogen (secondary N) is 2. The number of carbonyl (C=O) groups is 2. The van der Waals surface area contributed by atoms with Crippen LogP contribution in [0.25, 0.3) is 11.6 Å². The van der Waals surface area contributed by atoms with Crippen molar-refractivity contribution in [2.75, 3.05) is 12.8 Å². The Morgan fingerprint density at radius 2 is 1.65 bits per heavy atom. The number of sulfone groups is 1. The van der Waals surface area contributed by atoms with Gasteiger partial charge in [-0.25, -0.2) is 18.3 Å². The first-order valence-corrected chi connectivity index (χ1v) is 11.6. The lowest BCUT2D eigenvalue weighted by Crippen LogP contribution is -2.25. The highest BCUT2D eigenvalue weighted by Gasteiger charge is 2.13. The van der Waals surface area contributed by atoms with Crippen LogP contribution in [0, 0.1) is 5.82 Å². The number of hydrogen-bond acceptors (Lipinski definition) is 5. The predicted octanol–water partition coefficient (Wildman–Crippen LogP) is 2.95. The number of unbranched alkanes of at least 4 members (excludes halogenated alkanes) is 2. The molecule has 0 aliphatic carbocycles. The second-order valence-corrected chi connectivity index (χ2v) is 9.02. The summed E-state index contributed by atoms with van der Waals surface area (Å²) in [5.41, 5.74) is 3.02. The zero-order valence-corrected chi connectivity index (χ0v) is 17.9. The number of hydroxylamine groups is 1. The number of rotatable bonds is 10. The number of benzene rings is 2. The lowest BCUT2D eigenvalue weighted by molar-refractivity contribution is -0.129. The molecule has 0 saturated carbocycles. The molecule has 0 aliphatic heterocycles. The normalized spacial score (nSPS) is 11.8. The van der Waals surface area contributed by atoms with Crippen molar-refractivity contribution in [1.29, 1.82) is 0 Å². The molecule has 0 fully saturated rings. The average Bonchev–Trinajstić information content (AvgIpc) is 2.74. The largest absolute Gasteiger partial charge is 0.352 e. The predicted molar refractivity (Wildman–Crippen MR) is 115 cm³/mol. The van der Waals surface area contributed by atoms with E-state index in [-0.39, 0.29) is 17.2 Å². The van der Waals surface area contributed by atoms with Gasteiger partial charge in [-0.15, -0.1) is 0 Å². The van der Waals surface area contributed by atoms with Crippen LogP contribution in [0.4, 0.5) is 4.39 Å². The Morgan fingerprint density at radius 1 is 1.00 bits per heavy atom. The molecule has 31 heavy (non-hydrogen) atoms. The molecule has 0 aromatic heterocycles. The van der Waals surface area contributed by atoms with Gasteiger partial charge in [-0.05, 0) is 54.3 Å². The topological polar surface area (TPSA) is 113 Å². The van der Waals surface area contributed by atoms with Gasteiger partial charge in [-0.2, -0.15) is 0 Å². The summed E-state index contributed by atoms with van der Waals surface area (Å²) in [6, 6.07) is 11.6. The Bertz CT molecular complexity index is 1030. The summed E-state index contributed by atoms with van der Waals surface area (Å²) in [5, 5.41) is 11.3. The van der Waals surface area contributed by atoms with Gasteiger partial charge in [0, 0.05) is 24.8 Å². The lowest BCUT2D eigenvalue weighted by Gasteiger charge is -2.10. The van der Waals surface area contributed by atoms with Crippen LogP contribution >= 0.6 is 0 Å². The fourth-order valence-corrected chi connectivity index (χ4v) is 3.46. The van der Waals surface area contributed by atoms with Gasteiger partial charge in [0.1, 0.15) is 5.82 Å². The van der Waals surface area contributed by atoms with Gasteiger partial charge < -0.3 is 5.32 Å². The Hall–Kier alpha value is -3.04. The molecule has 9 heteroatoms. The van der Waals surface area contributed by atoms with E-state index in [1.165, 1.54) is 36.4 Å². The number of carbonyl (C=O) groups excluding carboxylic acids is 2. The summed E-state index contributed by atoms with van der Waals surface area (Å²) < 4.78 is 36.6. The van der Waals surface area contributed by atoms with E-state index in [1.807, 2.05) is 0 Å². The monoisotopic (exact) mass is 448 g/mol. The van der Waals surface area contributed by atoms with Crippen molar-refractivity contribution in [1.82, 2.24) is 10.8 Å². The Kier molecular flexibility index (Phi) is 8.89. The first-order chi connectivity index (χ1) is 14.7. The van der Waals surface area contributed by atoms with E-state index >= 15 is 0 Å². The molecular formula is C22H25FN2O5S. The van der Waals surface area contributed by atoms with Gasteiger partial charge in [-0.1, -0.05) is 30.7 Å². The number of hydrogen-bond donors (Lipinski definition) is 3. The molecule has 0 radical (unpaired) electrons. The first kappa shape index (κ1) is 24.2. The maximum absolute atomic E-state index is 13.3. The molecule has 2 rings (SSSR count). The van der Waals surface area contributed by atoms with Gasteiger partial charge in [0.05, 0.1) is 4.90 Å². The molecule has 7 nitrogen and oxygen atoms in total. The quantitative estimate of drug-likeness (QED) is 0.170. The summed E-state index contributed by atoms with van der Waals surface area (Å²) in [4.78, 5) is 23.9. The van der Waals surface area contributed by atoms with E-state index in [1.54, 1.807) is 23.7 Å². The standard InChI is InChI=1S/C22H25FN2O5S/c1-31(29,30)19-12-6-16(7-13-19)15-20(17-8-10-18(23)11-9-17)22(27)24-14-4-2-3-5-21(26)25-28/h6-13,15,28H,2-5,14H2,1H3,(H,24,27)(H,25,26). The van der Waals surface area contributed by atoms with E-state index in [0.29, 0.717) is 42.5 Å². The molecule has 0 unspecified atom stereocenters. The highest BCUT2D eigenvalue weighted by atomic mass is 32.2. The minimum Gasteiger partial charge on any atom is -0.352 e. The molecular weight excluding hydrogens is 423 g/mol. The third kappa shape index (κ3) is 7.95. The van der Waals surface area contributed by atoms with Crippen molar-refractivity contribution < 1.29 is 27.6 Å². The van der Waals surface area contributed by atoms with Crippen molar-refractivity contribution in [3.05, 3.63) is 65.5 Å². The van der Waals surface area contributed by atoms with Crippen LogP contribution in [-0.2, 0) is 19.4 Å². The van der Waals surface area contributed by atoms with E-state index in [2.05, 4.69) is 5.32 Å². The average molecular weight is 449 g/mol. The number of amides is 2. The van der Waals surface area contributed by atoms with Gasteiger partial charge in [-0.3, -0.25) is 14.8 Å². The van der Waals surface area contributed by atoms with Crippen LogP contribution in [-0.4, -0.2) is 38.2 Å². The zero-order chi connectivity index (χ0) is 22.9. The molecule has 0 bridgehead atoms. The third-order valence-corrected chi connectivity index (χ3v) is 5.64. The first-order valence-electron chi connectivity index (χ1n) is 9.69. The lowest BCUT2D eigenvalue weighted by atomic mass is 10.0. The Labute approximate surface area is 180 Å². The second-order valence-electron chi connectivity index (χ2n) is 7.01. The Morgan fingerprint density at radius 3 is 2.23 bits per heavy atom.